The van der Waals surface area contributed by atoms with Crippen LogP contribution in [-0.2, 0) is 13.5 Å². The summed E-state index contributed by atoms with van der Waals surface area (Å²) in [5, 5.41) is 8.85. The van der Waals surface area contributed by atoms with Gasteiger partial charge in [0.15, 0.2) is 0 Å². The van der Waals surface area contributed by atoms with Crippen molar-refractivity contribution < 1.29 is 9.50 Å². The van der Waals surface area contributed by atoms with Crippen LogP contribution in [0.3, 0.4) is 0 Å². The molecular formula is C12H13FN2O. The highest BCUT2D eigenvalue weighted by atomic mass is 19.1. The first-order valence-electron chi connectivity index (χ1n) is 5.10. The molecule has 3 nitrogen and oxygen atoms in total. The average Bonchev–Trinajstić information content (AvgIpc) is 2.62. The second kappa shape index (κ2) is 4.45. The smallest absolute Gasteiger partial charge is 0.132 e. The van der Waals surface area contributed by atoms with Crippen LogP contribution in [0.2, 0.25) is 0 Å². The normalized spacial score (nSPS) is 10.7. The molecule has 0 saturated heterocycles. The maximum absolute atomic E-state index is 13.6. The highest BCUT2D eigenvalue weighted by molar-refractivity contribution is 5.60. The van der Waals surface area contributed by atoms with E-state index in [2.05, 4.69) is 4.98 Å². The maximum atomic E-state index is 13.6. The predicted molar refractivity (Wildman–Crippen MR) is 59.4 cm³/mol. The lowest BCUT2D eigenvalue weighted by molar-refractivity contribution is 0.295. The molecule has 0 bridgehead atoms. The van der Waals surface area contributed by atoms with E-state index in [-0.39, 0.29) is 12.4 Å². The lowest BCUT2D eigenvalue weighted by Crippen LogP contribution is -2.02. The van der Waals surface area contributed by atoms with Crippen molar-refractivity contribution in [2.75, 3.05) is 6.61 Å². The van der Waals surface area contributed by atoms with Gasteiger partial charge in [0.2, 0.25) is 0 Å². The summed E-state index contributed by atoms with van der Waals surface area (Å²) in [6.07, 6.45) is 2.11. The van der Waals surface area contributed by atoms with E-state index in [4.69, 9.17) is 5.11 Å². The van der Waals surface area contributed by atoms with Crippen LogP contribution in [0.5, 0.6) is 0 Å². The van der Waals surface area contributed by atoms with Gasteiger partial charge in [-0.15, -0.1) is 0 Å². The van der Waals surface area contributed by atoms with E-state index >= 15 is 0 Å². The molecule has 0 amide bonds. The molecule has 1 aromatic heterocycles. The second-order valence-electron chi connectivity index (χ2n) is 3.57. The number of rotatable bonds is 3. The summed E-state index contributed by atoms with van der Waals surface area (Å²) in [6, 6.07) is 6.59. The van der Waals surface area contributed by atoms with Crippen molar-refractivity contribution in [1.82, 2.24) is 9.55 Å². The van der Waals surface area contributed by atoms with Gasteiger partial charge in [-0.1, -0.05) is 12.1 Å². The summed E-state index contributed by atoms with van der Waals surface area (Å²) < 4.78 is 15.4. The third-order valence-corrected chi connectivity index (χ3v) is 2.57. The van der Waals surface area contributed by atoms with E-state index < -0.39 is 0 Å². The molecular weight excluding hydrogens is 207 g/mol. The lowest BCUT2D eigenvalue weighted by Gasteiger charge is -2.05. The fraction of sp³-hybridized carbons (Fsp3) is 0.250. The largest absolute Gasteiger partial charge is 0.396 e. The predicted octanol–water partition coefficient (Wildman–Crippen LogP) is 1.76. The minimum absolute atomic E-state index is 0.0432. The van der Waals surface area contributed by atoms with E-state index in [9.17, 15) is 4.39 Å². The molecule has 2 rings (SSSR count). The molecule has 0 spiro atoms. The first-order valence-corrected chi connectivity index (χ1v) is 5.10. The Kier molecular flexibility index (Phi) is 3.01. The van der Waals surface area contributed by atoms with Crippen LogP contribution in [0.1, 0.15) is 5.82 Å². The molecule has 0 radical (unpaired) electrons. The molecule has 1 heterocycles. The van der Waals surface area contributed by atoms with E-state index in [0.717, 1.165) is 11.5 Å². The second-order valence-corrected chi connectivity index (χ2v) is 3.57. The number of benzene rings is 1. The summed E-state index contributed by atoms with van der Waals surface area (Å²) in [6.45, 7) is 0.0432. The van der Waals surface area contributed by atoms with Crippen molar-refractivity contribution in [3.05, 3.63) is 42.1 Å². The summed E-state index contributed by atoms with van der Waals surface area (Å²) in [5.74, 6) is 0.488. The Morgan fingerprint density at radius 3 is 2.81 bits per heavy atom. The van der Waals surface area contributed by atoms with Gasteiger partial charge in [-0.2, -0.15) is 0 Å². The topological polar surface area (TPSA) is 38.0 Å². The first kappa shape index (κ1) is 10.8. The molecule has 1 aromatic carbocycles. The fourth-order valence-corrected chi connectivity index (χ4v) is 1.70. The highest BCUT2D eigenvalue weighted by Crippen LogP contribution is 2.22. The van der Waals surface area contributed by atoms with E-state index in [0.29, 0.717) is 12.0 Å². The number of aromatic nitrogens is 2. The molecule has 0 atom stereocenters. The fourth-order valence-electron chi connectivity index (χ4n) is 1.70. The molecule has 1 N–H and O–H groups in total. The van der Waals surface area contributed by atoms with Gasteiger partial charge < -0.3 is 9.67 Å². The Labute approximate surface area is 93.2 Å². The Hall–Kier alpha value is -1.68. The van der Waals surface area contributed by atoms with Gasteiger partial charge in [0.05, 0.1) is 18.5 Å². The standard InChI is InChI=1S/C12H13FN2O/c1-15-11(8-14-12(15)6-7-16)9-4-2-3-5-10(9)13/h2-5,8,16H,6-7H2,1H3. The number of aliphatic hydroxyl groups excluding tert-OH is 1. The van der Waals surface area contributed by atoms with Gasteiger partial charge >= 0.3 is 0 Å². The van der Waals surface area contributed by atoms with Crippen molar-refractivity contribution >= 4 is 0 Å². The number of hydrogen-bond donors (Lipinski definition) is 1. The zero-order chi connectivity index (χ0) is 11.5. The molecule has 0 aliphatic carbocycles. The molecule has 0 fully saturated rings. The van der Waals surface area contributed by atoms with Crippen LogP contribution < -0.4 is 0 Å². The molecule has 16 heavy (non-hydrogen) atoms. The zero-order valence-electron chi connectivity index (χ0n) is 9.02. The summed E-state index contributed by atoms with van der Waals surface area (Å²) in [4.78, 5) is 4.16. The Morgan fingerprint density at radius 2 is 2.12 bits per heavy atom. The van der Waals surface area contributed by atoms with Crippen molar-refractivity contribution in [1.29, 1.82) is 0 Å². The van der Waals surface area contributed by atoms with Gasteiger partial charge in [-0.05, 0) is 12.1 Å². The third kappa shape index (κ3) is 1.84. The Morgan fingerprint density at radius 1 is 1.38 bits per heavy atom. The van der Waals surface area contributed by atoms with Crippen molar-refractivity contribution in [3.63, 3.8) is 0 Å². The number of aliphatic hydroxyl groups is 1. The molecule has 0 aliphatic heterocycles. The van der Waals surface area contributed by atoms with Gasteiger partial charge in [0.1, 0.15) is 11.6 Å². The minimum Gasteiger partial charge on any atom is -0.396 e. The van der Waals surface area contributed by atoms with Gasteiger partial charge in [0, 0.05) is 19.0 Å². The molecule has 0 aliphatic rings. The van der Waals surface area contributed by atoms with Crippen molar-refractivity contribution in [3.8, 4) is 11.3 Å². The van der Waals surface area contributed by atoms with Crippen LogP contribution >= 0.6 is 0 Å². The van der Waals surface area contributed by atoms with Gasteiger partial charge in [0.25, 0.3) is 0 Å². The minimum atomic E-state index is -0.263. The monoisotopic (exact) mass is 220 g/mol. The van der Waals surface area contributed by atoms with E-state index in [1.807, 2.05) is 7.05 Å². The SMILES string of the molecule is Cn1c(-c2ccccc2F)cnc1CCO. The maximum Gasteiger partial charge on any atom is 0.132 e. The summed E-state index contributed by atoms with van der Waals surface area (Å²) >= 11 is 0. The molecule has 0 unspecified atom stereocenters. The van der Waals surface area contributed by atoms with Crippen molar-refractivity contribution in [2.45, 2.75) is 6.42 Å². The number of halogens is 1. The van der Waals surface area contributed by atoms with Crippen LogP contribution in [-0.4, -0.2) is 21.3 Å². The molecule has 4 heteroatoms. The quantitative estimate of drug-likeness (QED) is 0.856. The molecule has 84 valence electrons. The van der Waals surface area contributed by atoms with Gasteiger partial charge in [-0.25, -0.2) is 9.37 Å². The molecule has 2 aromatic rings. The molecule has 0 saturated carbocycles. The Balaban J connectivity index is 2.45. The summed E-state index contributed by atoms with van der Waals surface area (Å²) in [5.41, 5.74) is 1.25. The zero-order valence-corrected chi connectivity index (χ0v) is 9.02. The third-order valence-electron chi connectivity index (χ3n) is 2.57. The lowest BCUT2D eigenvalue weighted by atomic mass is 10.1. The van der Waals surface area contributed by atoms with Crippen LogP contribution in [0.25, 0.3) is 11.3 Å². The Bertz CT molecular complexity index is 494. The van der Waals surface area contributed by atoms with E-state index in [1.165, 1.54) is 6.07 Å². The number of nitrogens with zero attached hydrogens (tertiary/aromatic N) is 2. The van der Waals surface area contributed by atoms with Crippen LogP contribution in [0.4, 0.5) is 4.39 Å². The average molecular weight is 220 g/mol. The summed E-state index contributed by atoms with van der Waals surface area (Å²) in [7, 11) is 1.82. The van der Waals surface area contributed by atoms with Crippen molar-refractivity contribution in [2.24, 2.45) is 7.05 Å². The number of hydrogen-bond acceptors (Lipinski definition) is 2. The number of imidazole rings is 1. The van der Waals surface area contributed by atoms with Gasteiger partial charge in [-0.3, -0.25) is 0 Å². The first-order chi connectivity index (χ1) is 7.74. The highest BCUT2D eigenvalue weighted by Gasteiger charge is 2.11. The van der Waals surface area contributed by atoms with E-state index in [1.54, 1.807) is 29.0 Å². The van der Waals surface area contributed by atoms with Crippen LogP contribution in [0, 0.1) is 5.82 Å². The van der Waals surface area contributed by atoms with Crippen LogP contribution in [0.15, 0.2) is 30.5 Å².